The van der Waals surface area contributed by atoms with E-state index in [1.807, 2.05) is 42.5 Å². The number of nitrogens with zero attached hydrogens (tertiary/aromatic N) is 2. The van der Waals surface area contributed by atoms with Crippen molar-refractivity contribution in [3.63, 3.8) is 0 Å². The van der Waals surface area contributed by atoms with E-state index >= 15 is 0 Å². The van der Waals surface area contributed by atoms with Gasteiger partial charge in [0.1, 0.15) is 30.7 Å². The zero-order chi connectivity index (χ0) is 48.1. The molecule has 1 aliphatic rings. The number of nitrogens with two attached hydrogens (primary N) is 1. The minimum Gasteiger partial charge on any atom is -0.462 e. The number of anilines is 1. The van der Waals surface area contributed by atoms with Gasteiger partial charge in [-0.1, -0.05) is 121 Å². The van der Waals surface area contributed by atoms with Crippen LogP contribution in [0, 0.1) is 5.92 Å². The van der Waals surface area contributed by atoms with Crippen molar-refractivity contribution in [3.8, 4) is 0 Å². The summed E-state index contributed by atoms with van der Waals surface area (Å²) in [5, 5.41) is 30.7. The number of carbonyl (C=O) groups excluding carboxylic acids is 2. The van der Waals surface area contributed by atoms with Crippen LogP contribution >= 0.6 is 15.6 Å². The lowest BCUT2D eigenvalue weighted by molar-refractivity contribution is -0.161. The number of rotatable bonds is 35. The van der Waals surface area contributed by atoms with Crippen molar-refractivity contribution in [2.75, 3.05) is 25.6 Å². The fourth-order valence-electron chi connectivity index (χ4n) is 6.33. The first-order valence-electron chi connectivity index (χ1n) is 22.6. The molecule has 7 N–H and O–H groups in total. The van der Waals surface area contributed by atoms with Crippen molar-refractivity contribution in [3.05, 3.63) is 71.4 Å². The predicted molar refractivity (Wildman–Crippen MR) is 244 cm³/mol. The van der Waals surface area contributed by atoms with E-state index < -0.39 is 89.8 Å². The summed E-state index contributed by atoms with van der Waals surface area (Å²) in [6, 6.07) is 1.24. The topological polar surface area (TPSA) is 286 Å². The van der Waals surface area contributed by atoms with Gasteiger partial charge in [0.2, 0.25) is 0 Å². The Kier molecular flexibility index (Phi) is 28.8. The number of aliphatic hydroxyl groups excluding tert-OH is 3. The van der Waals surface area contributed by atoms with Crippen LogP contribution in [-0.2, 0) is 46.3 Å². The number of carbonyl (C=O) groups is 2. The van der Waals surface area contributed by atoms with Gasteiger partial charge in [-0.25, -0.2) is 13.9 Å². The van der Waals surface area contributed by atoms with Crippen LogP contribution < -0.4 is 11.4 Å². The van der Waals surface area contributed by atoms with Gasteiger partial charge in [-0.3, -0.25) is 23.2 Å². The largest absolute Gasteiger partial charge is 0.481 e. The lowest BCUT2D eigenvalue weighted by Gasteiger charge is -2.21. The van der Waals surface area contributed by atoms with Crippen LogP contribution in [0.3, 0.4) is 0 Å². The second kappa shape index (κ2) is 32.4. The summed E-state index contributed by atoms with van der Waals surface area (Å²) in [6.45, 7) is 4.09. The molecule has 2 unspecified atom stereocenters. The number of nitrogen functional groups attached to an aromatic ring is 1. The van der Waals surface area contributed by atoms with Gasteiger partial charge < -0.3 is 45.1 Å². The smallest absolute Gasteiger partial charge is 0.462 e. The first-order valence-corrected chi connectivity index (χ1v) is 25.6. The summed E-state index contributed by atoms with van der Waals surface area (Å²) in [5.74, 6) is -0.738. The van der Waals surface area contributed by atoms with E-state index in [-0.39, 0.29) is 18.7 Å². The molecule has 0 amide bonds. The Labute approximate surface area is 382 Å². The first kappa shape index (κ1) is 57.8. The maximum atomic E-state index is 12.8. The summed E-state index contributed by atoms with van der Waals surface area (Å²) in [6.07, 6.45) is 21.7. The zero-order valence-corrected chi connectivity index (χ0v) is 39.8. The molecular weight excluding hydrogens is 888 g/mol. The minimum absolute atomic E-state index is 0.0439. The first-order chi connectivity index (χ1) is 30.9. The Morgan fingerprint density at radius 1 is 0.831 bits per heavy atom. The fourth-order valence-corrected chi connectivity index (χ4v) is 8.44. The Bertz CT molecular complexity index is 1800. The zero-order valence-electron chi connectivity index (χ0n) is 38.1. The predicted octanol–water partition coefficient (Wildman–Crippen LogP) is 7.04. The third-order valence-electron chi connectivity index (χ3n) is 9.92. The molecule has 0 radical (unpaired) electrons. The quantitative estimate of drug-likeness (QED) is 0.0172. The third kappa shape index (κ3) is 26.6. The Morgan fingerprint density at radius 3 is 2.11 bits per heavy atom. The number of hydrogen-bond acceptors (Lipinski definition) is 16. The Balaban J connectivity index is 1.86. The molecule has 19 nitrogen and oxygen atoms in total. The van der Waals surface area contributed by atoms with Crippen LogP contribution in [0.25, 0.3) is 0 Å². The molecule has 0 saturated carbocycles. The standard InChI is InChI=1S/C44H73N3O16P2/c1-4-5-25-35(48)26-21-17-12-10-8-6-7-9-11-13-19-23-28-40(50)61-36(31-58-39(49)27-22-18-15-14-16-20-24-34(2)3)32-59-64(54,55)63-65(56,57)60-33-37-41(51)42(52)43(62-37)47-30-29-38(45)46-44(47)53/h6-7,10-13,21,26,29-30,34-37,41-43,48,51-52H,4-5,8-9,14-20,22-25,27-28,31-33H2,1-3H3,(H,54,55)(H,56,57)(H2,45,46,53)/b7-6-,12-10-,13-11-,26-21-/t35-,36-,37-,41-,42-,43-/m1/s1. The molecule has 0 bridgehead atoms. The molecule has 370 valence electrons. The lowest BCUT2D eigenvalue weighted by atomic mass is 10.0. The van der Waals surface area contributed by atoms with Crippen LogP contribution in [0.5, 0.6) is 0 Å². The SMILES string of the molecule is CCCC[C@@H](O)/C=C\C/C=C\C/C=C\C/C=C\CCCC(=O)O[C@H](COC(=O)CCCCCCCCC(C)C)COP(=O)(O)OP(=O)(O)OC[C@H]1O[C@@H](n2ccc(N)nc2=O)[C@H](O)[C@@H]1O. The van der Waals surface area contributed by atoms with E-state index in [4.69, 9.17) is 29.0 Å². The normalized spacial score (nSPS) is 20.8. The van der Waals surface area contributed by atoms with Gasteiger partial charge in [-0.05, 0) is 56.9 Å². The van der Waals surface area contributed by atoms with Crippen LogP contribution in [0.1, 0.15) is 136 Å². The molecule has 0 aliphatic carbocycles. The number of esters is 2. The highest BCUT2D eigenvalue weighted by molar-refractivity contribution is 7.61. The van der Waals surface area contributed by atoms with Crippen molar-refractivity contribution in [2.45, 2.75) is 167 Å². The van der Waals surface area contributed by atoms with Gasteiger partial charge in [-0.15, -0.1) is 0 Å². The summed E-state index contributed by atoms with van der Waals surface area (Å²) in [4.78, 5) is 61.5. The second-order valence-electron chi connectivity index (χ2n) is 16.2. The Hall–Kier alpha value is -3.32. The summed E-state index contributed by atoms with van der Waals surface area (Å²) in [5.41, 5.74) is 4.56. The molecule has 1 aromatic rings. The maximum Gasteiger partial charge on any atom is 0.481 e. The highest BCUT2D eigenvalue weighted by atomic mass is 31.3. The Morgan fingerprint density at radius 2 is 1.45 bits per heavy atom. The molecule has 2 heterocycles. The van der Waals surface area contributed by atoms with E-state index in [1.165, 1.54) is 12.5 Å². The summed E-state index contributed by atoms with van der Waals surface area (Å²) in [7, 11) is -10.9. The van der Waals surface area contributed by atoms with Gasteiger partial charge in [0.05, 0.1) is 19.3 Å². The average Bonchev–Trinajstić information content (AvgIpc) is 3.52. The number of unbranched alkanes of at least 4 members (excludes halogenated alkanes) is 7. The number of allylic oxidation sites excluding steroid dienone is 7. The molecule has 1 aromatic heterocycles. The number of aromatic nitrogens is 2. The number of hydrogen-bond donors (Lipinski definition) is 6. The van der Waals surface area contributed by atoms with E-state index in [9.17, 15) is 48.6 Å². The maximum absolute atomic E-state index is 12.8. The van der Waals surface area contributed by atoms with Gasteiger partial charge >= 0.3 is 33.3 Å². The molecule has 65 heavy (non-hydrogen) atoms. The average molecular weight is 962 g/mol. The van der Waals surface area contributed by atoms with Crippen molar-refractivity contribution in [2.24, 2.45) is 5.92 Å². The summed E-state index contributed by atoms with van der Waals surface area (Å²) >= 11 is 0. The molecule has 1 saturated heterocycles. The lowest BCUT2D eigenvalue weighted by Crippen LogP contribution is -2.36. The highest BCUT2D eigenvalue weighted by Gasteiger charge is 2.46. The van der Waals surface area contributed by atoms with Gasteiger partial charge in [0.25, 0.3) is 0 Å². The van der Waals surface area contributed by atoms with Crippen molar-refractivity contribution in [1.82, 2.24) is 9.55 Å². The molecule has 8 atom stereocenters. The van der Waals surface area contributed by atoms with Gasteiger partial charge in [0, 0.05) is 19.0 Å². The number of aliphatic hydroxyl groups is 3. The van der Waals surface area contributed by atoms with Crippen molar-refractivity contribution >= 4 is 33.4 Å². The number of phosphoric ester groups is 2. The van der Waals surface area contributed by atoms with Crippen molar-refractivity contribution in [1.29, 1.82) is 0 Å². The molecule has 1 fully saturated rings. The molecule has 21 heteroatoms. The number of ether oxygens (including phenoxy) is 3. The molecule has 0 spiro atoms. The third-order valence-corrected chi connectivity index (χ3v) is 12.5. The van der Waals surface area contributed by atoms with Crippen LogP contribution in [0.4, 0.5) is 5.82 Å². The van der Waals surface area contributed by atoms with E-state index in [0.717, 1.165) is 75.0 Å². The fraction of sp³-hybridized carbons (Fsp3) is 0.682. The second-order valence-corrected chi connectivity index (χ2v) is 19.2. The van der Waals surface area contributed by atoms with Crippen LogP contribution in [0.15, 0.2) is 65.7 Å². The van der Waals surface area contributed by atoms with Gasteiger partial charge in [0.15, 0.2) is 12.3 Å². The van der Waals surface area contributed by atoms with E-state index in [0.29, 0.717) is 31.6 Å². The van der Waals surface area contributed by atoms with E-state index in [1.54, 1.807) is 0 Å². The molecule has 1 aliphatic heterocycles. The highest BCUT2D eigenvalue weighted by Crippen LogP contribution is 2.60. The molecule has 2 rings (SSSR count). The van der Waals surface area contributed by atoms with Crippen LogP contribution in [-0.4, -0.2) is 96.9 Å². The monoisotopic (exact) mass is 961 g/mol. The van der Waals surface area contributed by atoms with Gasteiger partial charge in [-0.2, -0.15) is 9.29 Å². The molecular formula is C44H73N3O16P2. The summed E-state index contributed by atoms with van der Waals surface area (Å²) < 4.78 is 56.4. The van der Waals surface area contributed by atoms with E-state index in [2.05, 4.69) is 36.1 Å². The van der Waals surface area contributed by atoms with Crippen LogP contribution in [0.2, 0.25) is 0 Å². The minimum atomic E-state index is -5.44. The number of phosphoric acid groups is 2. The van der Waals surface area contributed by atoms with Crippen molar-refractivity contribution < 1.29 is 71.4 Å². The molecule has 0 aromatic carbocycles.